The van der Waals surface area contributed by atoms with E-state index in [0.717, 1.165) is 33.3 Å². The minimum Gasteiger partial charge on any atom is -0.343 e. The van der Waals surface area contributed by atoms with E-state index in [0.29, 0.717) is 17.1 Å². The second-order valence-electron chi connectivity index (χ2n) is 9.17. The summed E-state index contributed by atoms with van der Waals surface area (Å²) in [4.78, 5) is 0.306. The van der Waals surface area contributed by atoms with Crippen LogP contribution in [0.25, 0.3) is 22.2 Å². The van der Waals surface area contributed by atoms with E-state index in [-0.39, 0.29) is 5.92 Å². The highest BCUT2D eigenvalue weighted by Gasteiger charge is 2.37. The third kappa shape index (κ3) is 3.38. The Morgan fingerprint density at radius 3 is 2.20 bits per heavy atom. The van der Waals surface area contributed by atoms with E-state index in [4.69, 9.17) is 0 Å². The first kappa shape index (κ1) is 21.7. The smallest absolute Gasteiger partial charge is 0.264 e. The number of para-hydroxylation sites is 2. The summed E-state index contributed by atoms with van der Waals surface area (Å²) < 4.78 is 32.1. The van der Waals surface area contributed by atoms with Crippen LogP contribution in [0.3, 0.4) is 0 Å². The summed E-state index contributed by atoms with van der Waals surface area (Å²) in [6.07, 6.45) is 0. The number of rotatable bonds is 3. The van der Waals surface area contributed by atoms with Crippen LogP contribution in [0.1, 0.15) is 22.6 Å². The highest BCUT2D eigenvalue weighted by Crippen LogP contribution is 2.48. The summed E-state index contributed by atoms with van der Waals surface area (Å²) in [6.45, 7) is 2.28. The number of anilines is 1. The number of fused-ring (bicyclic) bond motifs is 5. The predicted molar refractivity (Wildman–Crippen MR) is 142 cm³/mol. The fraction of sp³-hybridized carbons (Fsp3) is 0.133. The molecule has 4 aromatic carbocycles. The lowest BCUT2D eigenvalue weighted by molar-refractivity contribution is 0.589. The first-order valence-corrected chi connectivity index (χ1v) is 13.2. The molecule has 0 N–H and O–H groups in total. The van der Waals surface area contributed by atoms with E-state index in [9.17, 15) is 8.42 Å². The van der Waals surface area contributed by atoms with Gasteiger partial charge in [-0.1, -0.05) is 84.4 Å². The van der Waals surface area contributed by atoms with Crippen LogP contribution in [0.4, 0.5) is 5.69 Å². The number of aryl methyl sites for hydroxylation is 2. The van der Waals surface area contributed by atoms with E-state index < -0.39 is 10.0 Å². The Balaban J connectivity index is 1.68. The number of sulfonamides is 1. The molecule has 6 rings (SSSR count). The number of hydrogen-bond acceptors (Lipinski definition) is 2. The Bertz CT molecular complexity index is 1650. The average Bonchev–Trinajstić information content (AvgIpc) is 3.07. The SMILES string of the molecule is Cc1ccc(S(=O)(=O)N2CC(c3ccccc3)c3c(n(C)c4ccccc34)-c3ccccc32)cc1. The monoisotopic (exact) mass is 478 g/mol. The summed E-state index contributed by atoms with van der Waals surface area (Å²) >= 11 is 0. The fourth-order valence-corrected chi connectivity index (χ4v) is 6.87. The molecular weight excluding hydrogens is 452 g/mol. The van der Waals surface area contributed by atoms with Crippen molar-refractivity contribution in [3.05, 3.63) is 120 Å². The van der Waals surface area contributed by atoms with Crippen molar-refractivity contribution >= 4 is 26.6 Å². The molecule has 0 aliphatic carbocycles. The summed E-state index contributed by atoms with van der Waals surface area (Å²) in [7, 11) is -1.72. The van der Waals surface area contributed by atoms with Gasteiger partial charge in [-0.15, -0.1) is 0 Å². The zero-order valence-electron chi connectivity index (χ0n) is 19.7. The van der Waals surface area contributed by atoms with Gasteiger partial charge in [-0.25, -0.2) is 8.42 Å². The van der Waals surface area contributed by atoms with Gasteiger partial charge in [0.25, 0.3) is 10.0 Å². The average molecular weight is 479 g/mol. The lowest BCUT2D eigenvalue weighted by atomic mass is 9.88. The molecule has 0 spiro atoms. The van der Waals surface area contributed by atoms with Gasteiger partial charge in [0.15, 0.2) is 0 Å². The van der Waals surface area contributed by atoms with E-state index in [1.165, 1.54) is 5.56 Å². The third-order valence-corrected chi connectivity index (χ3v) is 8.88. The van der Waals surface area contributed by atoms with Gasteiger partial charge in [0.2, 0.25) is 0 Å². The van der Waals surface area contributed by atoms with Gasteiger partial charge < -0.3 is 4.57 Å². The molecule has 174 valence electrons. The second kappa shape index (κ2) is 8.14. The lowest BCUT2D eigenvalue weighted by Crippen LogP contribution is -2.34. The van der Waals surface area contributed by atoms with Crippen LogP contribution in [-0.2, 0) is 17.1 Å². The normalized spacial score (nSPS) is 15.5. The first-order valence-electron chi connectivity index (χ1n) is 11.8. The van der Waals surface area contributed by atoms with Crippen molar-refractivity contribution in [1.82, 2.24) is 4.57 Å². The molecule has 0 fully saturated rings. The van der Waals surface area contributed by atoms with Gasteiger partial charge in [0, 0.05) is 36.0 Å². The Hall–Kier alpha value is -3.83. The summed E-state index contributed by atoms with van der Waals surface area (Å²) in [5, 5.41) is 1.16. The highest BCUT2D eigenvalue weighted by atomic mass is 32.2. The van der Waals surface area contributed by atoms with Gasteiger partial charge >= 0.3 is 0 Å². The molecule has 5 heteroatoms. The molecular formula is C30H26N2O2S. The molecule has 1 aliphatic heterocycles. The van der Waals surface area contributed by atoms with Gasteiger partial charge in [-0.3, -0.25) is 4.31 Å². The van der Waals surface area contributed by atoms with Crippen LogP contribution in [0, 0.1) is 6.92 Å². The Kier molecular flexibility index (Phi) is 5.04. The molecule has 1 aromatic heterocycles. The zero-order valence-corrected chi connectivity index (χ0v) is 20.5. The van der Waals surface area contributed by atoms with Crippen LogP contribution >= 0.6 is 0 Å². The summed E-state index contributed by atoms with van der Waals surface area (Å²) in [5.74, 6) is -0.134. The number of hydrogen-bond donors (Lipinski definition) is 0. The standard InChI is InChI=1S/C30H26N2O2S/c1-21-16-18-23(19-17-21)35(33,34)32-20-26(22-10-4-3-5-11-22)29-24-12-6-8-14-27(24)31(2)30(29)25-13-7-9-15-28(25)32/h3-19,26H,20H2,1-2H3. The van der Waals surface area contributed by atoms with E-state index in [1.54, 1.807) is 16.4 Å². The fourth-order valence-electron chi connectivity index (χ4n) is 5.37. The number of nitrogens with zero attached hydrogens (tertiary/aromatic N) is 2. The van der Waals surface area contributed by atoms with Crippen molar-refractivity contribution in [2.45, 2.75) is 17.7 Å². The van der Waals surface area contributed by atoms with Crippen LogP contribution < -0.4 is 4.31 Å². The number of benzene rings is 4. The van der Waals surface area contributed by atoms with Crippen LogP contribution in [0.5, 0.6) is 0 Å². The van der Waals surface area contributed by atoms with Gasteiger partial charge in [-0.05, 0) is 42.3 Å². The maximum absolute atomic E-state index is 14.1. The summed E-state index contributed by atoms with van der Waals surface area (Å²) in [5.41, 5.74) is 7.14. The molecule has 1 unspecified atom stereocenters. The first-order chi connectivity index (χ1) is 17.0. The molecule has 0 saturated carbocycles. The Morgan fingerprint density at radius 1 is 0.771 bits per heavy atom. The topological polar surface area (TPSA) is 42.3 Å². The lowest BCUT2D eigenvalue weighted by Gasteiger charge is -2.28. The Morgan fingerprint density at radius 2 is 1.43 bits per heavy atom. The molecule has 0 amide bonds. The van der Waals surface area contributed by atoms with Crippen molar-refractivity contribution in [1.29, 1.82) is 0 Å². The molecule has 1 atom stereocenters. The molecule has 4 nitrogen and oxygen atoms in total. The molecule has 1 aliphatic rings. The van der Waals surface area contributed by atoms with E-state index in [1.807, 2.05) is 61.5 Å². The Labute approximate surface area is 206 Å². The molecule has 0 radical (unpaired) electrons. The largest absolute Gasteiger partial charge is 0.343 e. The zero-order chi connectivity index (χ0) is 24.2. The minimum absolute atomic E-state index is 0.134. The van der Waals surface area contributed by atoms with Gasteiger partial charge in [0.05, 0.1) is 16.3 Å². The summed E-state index contributed by atoms with van der Waals surface area (Å²) in [6, 6.07) is 33.6. The van der Waals surface area contributed by atoms with E-state index in [2.05, 4.69) is 48.0 Å². The third-order valence-electron chi connectivity index (χ3n) is 7.08. The van der Waals surface area contributed by atoms with Gasteiger partial charge in [-0.2, -0.15) is 0 Å². The number of aromatic nitrogens is 1. The maximum Gasteiger partial charge on any atom is 0.264 e. The van der Waals surface area contributed by atoms with Gasteiger partial charge in [0.1, 0.15) is 0 Å². The molecule has 0 saturated heterocycles. The quantitative estimate of drug-likeness (QED) is 0.297. The molecule has 0 bridgehead atoms. The van der Waals surface area contributed by atoms with Crippen molar-refractivity contribution in [3.8, 4) is 11.3 Å². The minimum atomic E-state index is -3.79. The van der Waals surface area contributed by atoms with Crippen molar-refractivity contribution in [3.63, 3.8) is 0 Å². The second-order valence-corrected chi connectivity index (χ2v) is 11.0. The van der Waals surface area contributed by atoms with Crippen molar-refractivity contribution in [2.24, 2.45) is 7.05 Å². The van der Waals surface area contributed by atoms with Crippen molar-refractivity contribution < 1.29 is 8.42 Å². The molecule has 5 aromatic rings. The van der Waals surface area contributed by atoms with E-state index >= 15 is 0 Å². The van der Waals surface area contributed by atoms with Crippen LogP contribution in [-0.4, -0.2) is 19.5 Å². The predicted octanol–water partition coefficient (Wildman–Crippen LogP) is 6.49. The molecule has 35 heavy (non-hydrogen) atoms. The maximum atomic E-state index is 14.1. The van der Waals surface area contributed by atoms with Crippen LogP contribution in [0.2, 0.25) is 0 Å². The highest BCUT2D eigenvalue weighted by molar-refractivity contribution is 7.92. The molecule has 2 heterocycles. The van der Waals surface area contributed by atoms with Crippen molar-refractivity contribution in [2.75, 3.05) is 10.8 Å². The van der Waals surface area contributed by atoms with Crippen LogP contribution in [0.15, 0.2) is 108 Å².